The Morgan fingerprint density at radius 1 is 0.814 bits per heavy atom. The Morgan fingerprint density at radius 3 is 1.98 bits per heavy atom. The van der Waals surface area contributed by atoms with Gasteiger partial charge in [-0.3, -0.25) is 13.7 Å². The maximum absolute atomic E-state index is 14.0. The Morgan fingerprint density at radius 2 is 1.40 bits per heavy atom. The molecule has 9 nitrogen and oxygen atoms in total. The normalized spacial score (nSPS) is 15.8. The van der Waals surface area contributed by atoms with Gasteiger partial charge in [0.2, 0.25) is 0 Å². The highest BCUT2D eigenvalue weighted by Crippen LogP contribution is 2.30. The van der Waals surface area contributed by atoms with Gasteiger partial charge in [-0.25, -0.2) is 2.51 Å². The molecular weight excluding hydrogens is 673 g/mol. The zero-order valence-corrected chi connectivity index (χ0v) is 26.5. The Hall–Kier alpha value is -3.75. The molecule has 0 unspecified atom stereocenters. The van der Waals surface area contributed by atoms with Crippen LogP contribution in [0.4, 0.5) is 11.4 Å². The average Bonchev–Trinajstić information content (AvgIpc) is 3.47. The predicted molar refractivity (Wildman–Crippen MR) is 178 cm³/mol. The fourth-order valence-corrected chi connectivity index (χ4v) is 6.98. The smallest absolute Gasteiger partial charge is 0.254 e. The van der Waals surface area contributed by atoms with E-state index in [-0.39, 0.29) is 5.91 Å². The predicted octanol–water partition coefficient (Wildman–Crippen LogP) is 5.45. The van der Waals surface area contributed by atoms with E-state index in [4.69, 9.17) is 2.51 Å². The minimum absolute atomic E-state index is 0.0242. The highest BCUT2D eigenvalue weighted by molar-refractivity contribution is 14.1. The molecule has 0 bridgehead atoms. The number of rotatable bonds is 7. The fraction of sp³-hybridized carbons (Fsp3) is 0.281. The van der Waals surface area contributed by atoms with Crippen molar-refractivity contribution in [2.45, 2.75) is 6.54 Å². The number of halogens is 1. The van der Waals surface area contributed by atoms with E-state index < -0.39 is 0 Å². The number of fused-ring (bicyclic) bond motifs is 1. The third kappa shape index (κ3) is 6.17. The van der Waals surface area contributed by atoms with Gasteiger partial charge in [-0.2, -0.15) is 10.5 Å². The second-order valence-corrected chi connectivity index (χ2v) is 12.4. The maximum atomic E-state index is 14.0. The third-order valence-corrected chi connectivity index (χ3v) is 9.26. The minimum Gasteiger partial charge on any atom is -0.368 e. The molecule has 2 saturated heterocycles. The summed E-state index contributed by atoms with van der Waals surface area (Å²) in [5, 5.41) is 20.0. The zero-order valence-electron chi connectivity index (χ0n) is 23.5. The molecular formula is C32H30IN7O2S. The van der Waals surface area contributed by atoms with Crippen LogP contribution in [0.2, 0.25) is 0 Å². The number of hydrogen-bond acceptors (Lipinski definition) is 8. The van der Waals surface area contributed by atoms with Crippen molar-refractivity contribution in [1.29, 1.82) is 10.5 Å². The summed E-state index contributed by atoms with van der Waals surface area (Å²) in [5.41, 5.74) is 6.00. The first-order valence-electron chi connectivity index (χ1n) is 14.2. The molecule has 1 amide bonds. The quantitative estimate of drug-likeness (QED) is 0.186. The van der Waals surface area contributed by atoms with Crippen LogP contribution in [-0.2, 0) is 9.06 Å². The van der Waals surface area contributed by atoms with Crippen molar-refractivity contribution in [3.8, 4) is 12.1 Å². The van der Waals surface area contributed by atoms with E-state index in [0.717, 1.165) is 60.6 Å². The van der Waals surface area contributed by atoms with Crippen molar-refractivity contribution in [1.82, 2.24) is 13.8 Å². The van der Waals surface area contributed by atoms with Crippen molar-refractivity contribution in [3.63, 3.8) is 0 Å². The lowest BCUT2D eigenvalue weighted by molar-refractivity contribution is 0.0748. The highest BCUT2D eigenvalue weighted by atomic mass is 127. The highest BCUT2D eigenvalue weighted by Gasteiger charge is 2.26. The van der Waals surface area contributed by atoms with Crippen molar-refractivity contribution in [2.24, 2.45) is 0 Å². The summed E-state index contributed by atoms with van der Waals surface area (Å²) >= 11 is 3.09. The first-order valence-corrected chi connectivity index (χ1v) is 15.8. The minimum atomic E-state index is 0.0242. The molecule has 0 spiro atoms. The second kappa shape index (κ2) is 13.3. The summed E-state index contributed by atoms with van der Waals surface area (Å²) in [7, 11) is 0. The third-order valence-electron chi connectivity index (χ3n) is 8.25. The molecule has 0 saturated carbocycles. The number of benzene rings is 3. The number of anilines is 2. The zero-order chi connectivity index (χ0) is 29.8. The summed E-state index contributed by atoms with van der Waals surface area (Å²) in [5.74, 6) is 0.0242. The SMILES string of the molecule is N#Cc1ccccc1N1CCN(Cc2cc(C(=O)N3CCN(c4ccccc4C#N)CC3)c3ccn(SOI)c3c2)CC1. The van der Waals surface area contributed by atoms with Crippen LogP contribution < -0.4 is 9.80 Å². The fourth-order valence-electron chi connectivity index (χ4n) is 6.05. The first-order chi connectivity index (χ1) is 21.1. The molecule has 218 valence electrons. The van der Waals surface area contributed by atoms with Crippen molar-refractivity contribution in [3.05, 3.63) is 95.2 Å². The lowest BCUT2D eigenvalue weighted by Gasteiger charge is -2.37. The molecule has 0 atom stereocenters. The van der Waals surface area contributed by atoms with Gasteiger partial charge in [0.05, 0.1) is 28.0 Å². The topological polar surface area (TPSA) is 91.8 Å². The van der Waals surface area contributed by atoms with Gasteiger partial charge in [0.15, 0.2) is 0 Å². The van der Waals surface area contributed by atoms with Crippen LogP contribution >= 0.6 is 35.2 Å². The number of nitriles is 2. The van der Waals surface area contributed by atoms with Gasteiger partial charge in [0.1, 0.15) is 47.4 Å². The van der Waals surface area contributed by atoms with Crippen LogP contribution in [0.3, 0.4) is 0 Å². The number of nitrogens with zero attached hydrogens (tertiary/aromatic N) is 7. The molecule has 6 rings (SSSR count). The molecule has 2 aliphatic rings. The molecule has 43 heavy (non-hydrogen) atoms. The second-order valence-electron chi connectivity index (χ2n) is 10.7. The van der Waals surface area contributed by atoms with E-state index in [1.165, 1.54) is 12.2 Å². The van der Waals surface area contributed by atoms with Crippen LogP contribution in [0.1, 0.15) is 27.0 Å². The number of para-hydroxylation sites is 2. The summed E-state index contributed by atoms with van der Waals surface area (Å²) in [6, 6.07) is 26.2. The Kier molecular flexibility index (Phi) is 9.05. The summed E-state index contributed by atoms with van der Waals surface area (Å²) < 4.78 is 7.29. The Labute approximate surface area is 269 Å². The lowest BCUT2D eigenvalue weighted by Crippen LogP contribution is -2.49. The van der Waals surface area contributed by atoms with E-state index in [2.05, 4.69) is 39.0 Å². The van der Waals surface area contributed by atoms with Crippen LogP contribution in [-0.4, -0.2) is 72.0 Å². The van der Waals surface area contributed by atoms with Crippen molar-refractivity contribution in [2.75, 3.05) is 62.2 Å². The van der Waals surface area contributed by atoms with E-state index >= 15 is 0 Å². The van der Waals surface area contributed by atoms with Crippen LogP contribution in [0, 0.1) is 22.7 Å². The van der Waals surface area contributed by atoms with Crippen LogP contribution in [0.5, 0.6) is 0 Å². The summed E-state index contributed by atoms with van der Waals surface area (Å²) in [4.78, 5) is 22.8. The largest absolute Gasteiger partial charge is 0.368 e. The van der Waals surface area contributed by atoms with Crippen LogP contribution in [0.25, 0.3) is 10.9 Å². The van der Waals surface area contributed by atoms with Crippen molar-refractivity contribution < 1.29 is 7.31 Å². The van der Waals surface area contributed by atoms with Gasteiger partial charge in [0, 0.05) is 76.0 Å². The number of carbonyl (C=O) groups is 1. The number of hydrogen-bond donors (Lipinski definition) is 0. The van der Waals surface area contributed by atoms with Crippen molar-refractivity contribution >= 4 is 63.4 Å². The van der Waals surface area contributed by atoms with Gasteiger partial charge < -0.3 is 14.7 Å². The standard InChI is InChI=1S/C32H30IN7O2S/c33-42-43-40-10-9-27-28(32(41)39-17-15-38(16-18-39)30-8-4-2-6-26(30)22-35)19-24(20-31(27)40)23-36-11-13-37(14-12-36)29-7-3-1-5-25(29)21-34/h1-10,19-20H,11-18,23H2. The van der Waals surface area contributed by atoms with Gasteiger partial charge >= 0.3 is 0 Å². The molecule has 2 fully saturated rings. The van der Waals surface area contributed by atoms with Gasteiger partial charge in [-0.1, -0.05) is 24.3 Å². The maximum Gasteiger partial charge on any atom is 0.254 e. The number of piperazine rings is 2. The molecule has 2 aliphatic heterocycles. The molecule has 1 aromatic heterocycles. The van der Waals surface area contributed by atoms with Crippen LogP contribution in [0.15, 0.2) is 72.9 Å². The van der Waals surface area contributed by atoms with E-state index in [9.17, 15) is 15.3 Å². The molecule has 3 aromatic carbocycles. The van der Waals surface area contributed by atoms with Gasteiger partial charge in [0.25, 0.3) is 5.91 Å². The first kappa shape index (κ1) is 29.3. The number of aromatic nitrogens is 1. The number of carbonyl (C=O) groups excluding carboxylic acids is 1. The molecule has 0 radical (unpaired) electrons. The van der Waals surface area contributed by atoms with E-state index in [0.29, 0.717) is 42.9 Å². The number of amides is 1. The average molecular weight is 704 g/mol. The monoisotopic (exact) mass is 703 g/mol. The van der Waals surface area contributed by atoms with Gasteiger partial charge in [-0.15, -0.1) is 0 Å². The molecule has 11 heteroatoms. The van der Waals surface area contributed by atoms with E-state index in [1.54, 1.807) is 0 Å². The summed E-state index contributed by atoms with van der Waals surface area (Å²) in [6.45, 7) is 6.63. The Balaban J connectivity index is 1.19. The van der Waals surface area contributed by atoms with Gasteiger partial charge in [-0.05, 0) is 48.0 Å². The lowest BCUT2D eigenvalue weighted by atomic mass is 10.0. The molecule has 3 heterocycles. The molecule has 0 N–H and O–H groups in total. The Bertz CT molecular complexity index is 1710. The summed E-state index contributed by atoms with van der Waals surface area (Å²) in [6.07, 6.45) is 1.94. The molecule has 0 aliphatic carbocycles. The molecule has 4 aromatic rings. The van der Waals surface area contributed by atoms with E-state index in [1.807, 2.05) is 92.7 Å².